The predicted molar refractivity (Wildman–Crippen MR) is 83.4 cm³/mol. The van der Waals surface area contributed by atoms with Gasteiger partial charge in [0.1, 0.15) is 0 Å². The van der Waals surface area contributed by atoms with Crippen LogP contribution in [0.4, 0.5) is 5.69 Å². The molecule has 1 heterocycles. The van der Waals surface area contributed by atoms with Crippen molar-refractivity contribution < 1.29 is 4.79 Å². The number of aryl methyl sites for hydroxylation is 1. The second kappa shape index (κ2) is 5.75. The first-order chi connectivity index (χ1) is 8.97. The van der Waals surface area contributed by atoms with E-state index in [-0.39, 0.29) is 5.91 Å². The van der Waals surface area contributed by atoms with E-state index in [0.29, 0.717) is 17.1 Å². The number of nitrogens with two attached hydrogens (primary N) is 1. The Labute approximate surface area is 125 Å². The van der Waals surface area contributed by atoms with Crippen LogP contribution in [0.15, 0.2) is 34.8 Å². The lowest BCUT2D eigenvalue weighted by Crippen LogP contribution is -2.25. The van der Waals surface area contributed by atoms with Crippen LogP contribution in [0.2, 0.25) is 0 Å². The number of halogens is 1. The molecule has 0 unspecified atom stereocenters. The fourth-order valence-corrected chi connectivity index (χ4v) is 3.15. The number of anilines is 1. The topological polar surface area (TPSA) is 46.3 Å². The summed E-state index contributed by atoms with van der Waals surface area (Å²) in [6.07, 6.45) is 0. The van der Waals surface area contributed by atoms with Gasteiger partial charge in [0, 0.05) is 28.6 Å². The molecule has 0 spiro atoms. The van der Waals surface area contributed by atoms with Crippen LogP contribution in [-0.4, -0.2) is 17.9 Å². The zero-order valence-corrected chi connectivity index (χ0v) is 13.2. The molecule has 0 aliphatic rings. The van der Waals surface area contributed by atoms with Crippen molar-refractivity contribution in [2.24, 2.45) is 0 Å². The zero-order chi connectivity index (χ0) is 14.0. The first kappa shape index (κ1) is 14.1. The monoisotopic (exact) mass is 338 g/mol. The molecule has 0 aliphatic carbocycles. The highest BCUT2D eigenvalue weighted by molar-refractivity contribution is 9.10. The Balaban J connectivity index is 2.11. The first-order valence-corrected chi connectivity index (χ1v) is 7.44. The summed E-state index contributed by atoms with van der Waals surface area (Å²) >= 11 is 4.87. The number of hydrogen-bond donors (Lipinski definition) is 1. The molecule has 100 valence electrons. The number of benzene rings is 1. The average molecular weight is 339 g/mol. The molecule has 3 nitrogen and oxygen atoms in total. The molecular weight excluding hydrogens is 324 g/mol. The van der Waals surface area contributed by atoms with E-state index in [0.717, 1.165) is 14.9 Å². The van der Waals surface area contributed by atoms with Crippen LogP contribution in [0.5, 0.6) is 0 Å². The van der Waals surface area contributed by atoms with Gasteiger partial charge in [-0.2, -0.15) is 0 Å². The lowest BCUT2D eigenvalue weighted by molar-refractivity contribution is 0.0790. The second-order valence-electron chi connectivity index (χ2n) is 4.41. The summed E-state index contributed by atoms with van der Waals surface area (Å²) in [6.45, 7) is 2.50. The summed E-state index contributed by atoms with van der Waals surface area (Å²) in [7, 11) is 1.80. The summed E-state index contributed by atoms with van der Waals surface area (Å²) in [5.74, 6) is 0.00442. The number of rotatable bonds is 3. The Bertz CT molecular complexity index is 590. The van der Waals surface area contributed by atoms with Crippen molar-refractivity contribution in [1.29, 1.82) is 0 Å². The lowest BCUT2D eigenvalue weighted by atomic mass is 10.2. The van der Waals surface area contributed by atoms with E-state index in [4.69, 9.17) is 5.73 Å². The van der Waals surface area contributed by atoms with Crippen LogP contribution in [0.1, 0.15) is 20.1 Å². The average Bonchev–Trinajstić information content (AvgIpc) is 2.68. The summed E-state index contributed by atoms with van der Waals surface area (Å²) in [5, 5.41) is 0. The second-order valence-corrected chi connectivity index (χ2v) is 6.59. The van der Waals surface area contributed by atoms with Crippen molar-refractivity contribution in [1.82, 2.24) is 4.90 Å². The highest BCUT2D eigenvalue weighted by atomic mass is 79.9. The molecule has 1 amide bonds. The molecule has 2 rings (SSSR count). The van der Waals surface area contributed by atoms with Crippen LogP contribution < -0.4 is 5.73 Å². The quantitative estimate of drug-likeness (QED) is 0.927. The van der Waals surface area contributed by atoms with Crippen molar-refractivity contribution >= 4 is 38.9 Å². The number of amides is 1. The maximum Gasteiger partial charge on any atom is 0.264 e. The molecule has 0 fully saturated rings. The van der Waals surface area contributed by atoms with Crippen molar-refractivity contribution in [3.8, 4) is 0 Å². The molecular formula is C14H15BrN2OS. The van der Waals surface area contributed by atoms with Gasteiger partial charge in [-0.1, -0.05) is 28.1 Å². The SMILES string of the molecule is Cc1sc(C(=O)N(C)Cc2cccc(Br)c2)cc1N. The van der Waals surface area contributed by atoms with Gasteiger partial charge in [0.25, 0.3) is 5.91 Å². The minimum Gasteiger partial charge on any atom is -0.398 e. The molecule has 0 radical (unpaired) electrons. The van der Waals surface area contributed by atoms with Gasteiger partial charge < -0.3 is 10.6 Å². The van der Waals surface area contributed by atoms with Gasteiger partial charge in [0.05, 0.1) is 4.88 Å². The largest absolute Gasteiger partial charge is 0.398 e. The van der Waals surface area contributed by atoms with Crippen molar-refractivity contribution in [3.63, 3.8) is 0 Å². The van der Waals surface area contributed by atoms with Gasteiger partial charge >= 0.3 is 0 Å². The molecule has 2 aromatic rings. The number of thiophene rings is 1. The third-order valence-corrected chi connectivity index (χ3v) is 4.37. The smallest absolute Gasteiger partial charge is 0.264 e. The van der Waals surface area contributed by atoms with Crippen molar-refractivity contribution in [2.75, 3.05) is 12.8 Å². The van der Waals surface area contributed by atoms with Gasteiger partial charge in [-0.25, -0.2) is 0 Å². The molecule has 0 saturated carbocycles. The first-order valence-electron chi connectivity index (χ1n) is 5.83. The summed E-state index contributed by atoms with van der Waals surface area (Å²) in [6, 6.07) is 9.69. The number of nitrogens with zero attached hydrogens (tertiary/aromatic N) is 1. The maximum absolute atomic E-state index is 12.3. The number of nitrogen functional groups attached to an aromatic ring is 1. The van der Waals surface area contributed by atoms with Gasteiger partial charge in [-0.3, -0.25) is 4.79 Å². The Kier molecular flexibility index (Phi) is 4.27. The fourth-order valence-electron chi connectivity index (χ4n) is 1.77. The summed E-state index contributed by atoms with van der Waals surface area (Å²) < 4.78 is 1.02. The van der Waals surface area contributed by atoms with Crippen LogP contribution in [0, 0.1) is 6.92 Å². The normalized spacial score (nSPS) is 10.5. The summed E-state index contributed by atoms with van der Waals surface area (Å²) in [5.41, 5.74) is 7.56. The minimum atomic E-state index is 0.00442. The van der Waals surface area contributed by atoms with E-state index in [1.807, 2.05) is 31.2 Å². The zero-order valence-electron chi connectivity index (χ0n) is 10.8. The predicted octanol–water partition coefficient (Wildman–Crippen LogP) is 3.67. The Morgan fingerprint density at radius 3 is 2.74 bits per heavy atom. The van der Waals surface area contributed by atoms with Crippen molar-refractivity contribution in [2.45, 2.75) is 13.5 Å². The molecule has 0 bridgehead atoms. The Morgan fingerprint density at radius 2 is 2.16 bits per heavy atom. The molecule has 0 saturated heterocycles. The number of hydrogen-bond acceptors (Lipinski definition) is 3. The molecule has 1 aromatic carbocycles. The van der Waals surface area contributed by atoms with E-state index in [9.17, 15) is 4.79 Å². The Hall–Kier alpha value is -1.33. The standard InChI is InChI=1S/C14H15BrN2OS/c1-9-12(16)7-13(19-9)14(18)17(2)8-10-4-3-5-11(15)6-10/h3-7H,8,16H2,1-2H3. The molecule has 0 aliphatic heterocycles. The fraction of sp³-hybridized carbons (Fsp3) is 0.214. The molecule has 1 aromatic heterocycles. The van der Waals surface area contributed by atoms with Crippen LogP contribution in [0.25, 0.3) is 0 Å². The molecule has 0 atom stereocenters. The van der Waals surface area contributed by atoms with Gasteiger partial charge in [-0.15, -0.1) is 11.3 Å². The highest BCUT2D eigenvalue weighted by Crippen LogP contribution is 2.25. The van der Waals surface area contributed by atoms with E-state index in [2.05, 4.69) is 15.9 Å². The number of carbonyl (C=O) groups excluding carboxylic acids is 1. The van der Waals surface area contributed by atoms with Gasteiger partial charge in [-0.05, 0) is 30.7 Å². The third-order valence-electron chi connectivity index (χ3n) is 2.82. The lowest BCUT2D eigenvalue weighted by Gasteiger charge is -2.16. The number of carbonyl (C=O) groups is 1. The van der Waals surface area contributed by atoms with E-state index >= 15 is 0 Å². The third kappa shape index (κ3) is 3.36. The Morgan fingerprint density at radius 1 is 1.42 bits per heavy atom. The van der Waals surface area contributed by atoms with Gasteiger partial charge in [0.2, 0.25) is 0 Å². The summed E-state index contributed by atoms with van der Waals surface area (Å²) in [4.78, 5) is 15.6. The van der Waals surface area contributed by atoms with Crippen molar-refractivity contribution in [3.05, 3.63) is 50.1 Å². The van der Waals surface area contributed by atoms with Crippen LogP contribution in [-0.2, 0) is 6.54 Å². The maximum atomic E-state index is 12.3. The van der Waals surface area contributed by atoms with E-state index < -0.39 is 0 Å². The molecule has 5 heteroatoms. The van der Waals surface area contributed by atoms with E-state index in [1.54, 1.807) is 18.0 Å². The molecule has 19 heavy (non-hydrogen) atoms. The van der Waals surface area contributed by atoms with Crippen LogP contribution >= 0.6 is 27.3 Å². The van der Waals surface area contributed by atoms with Crippen LogP contribution in [0.3, 0.4) is 0 Å². The highest BCUT2D eigenvalue weighted by Gasteiger charge is 2.15. The minimum absolute atomic E-state index is 0.00442. The van der Waals surface area contributed by atoms with Gasteiger partial charge in [0.15, 0.2) is 0 Å². The molecule has 2 N–H and O–H groups in total. The van der Waals surface area contributed by atoms with E-state index in [1.165, 1.54) is 11.3 Å².